The molecular formula is C21H22N4O2. The Morgan fingerprint density at radius 2 is 2.19 bits per heavy atom. The normalized spacial score (nSPS) is 19.4. The number of carbonyl (C=O) groups is 1. The molecule has 2 aliphatic rings. The van der Waals surface area contributed by atoms with Crippen LogP contribution in [0.1, 0.15) is 30.6 Å². The average Bonchev–Trinajstić information content (AvgIpc) is 3.35. The minimum absolute atomic E-state index is 0.114. The van der Waals surface area contributed by atoms with Gasteiger partial charge in [0.1, 0.15) is 0 Å². The highest BCUT2D eigenvalue weighted by molar-refractivity contribution is 5.94. The van der Waals surface area contributed by atoms with Crippen LogP contribution in [-0.2, 0) is 22.5 Å². The fourth-order valence-corrected chi connectivity index (χ4v) is 4.26. The third-order valence-electron chi connectivity index (χ3n) is 5.68. The molecule has 27 heavy (non-hydrogen) atoms. The maximum absolute atomic E-state index is 12.0. The first kappa shape index (κ1) is 16.4. The second kappa shape index (κ2) is 6.46. The van der Waals surface area contributed by atoms with E-state index in [0.717, 1.165) is 48.2 Å². The van der Waals surface area contributed by atoms with Crippen molar-refractivity contribution in [3.05, 3.63) is 47.8 Å². The number of nitrogens with zero attached hydrogens (tertiary/aromatic N) is 4. The summed E-state index contributed by atoms with van der Waals surface area (Å²) in [4.78, 5) is 18.4. The van der Waals surface area contributed by atoms with Crippen molar-refractivity contribution in [2.75, 3.05) is 19.8 Å². The molecule has 1 amide bonds. The molecule has 0 saturated carbocycles. The molecule has 1 saturated heterocycles. The molecule has 5 rings (SSSR count). The predicted molar refractivity (Wildman–Crippen MR) is 102 cm³/mol. The maximum Gasteiger partial charge on any atom is 0.219 e. The summed E-state index contributed by atoms with van der Waals surface area (Å²) in [6.45, 7) is 4.50. The molecule has 2 aliphatic heterocycles. The molecule has 1 aromatic carbocycles. The van der Waals surface area contributed by atoms with Gasteiger partial charge in [0.05, 0.1) is 23.9 Å². The number of carbonyl (C=O) groups excluding carboxylic acids is 1. The standard InChI is InChI=1S/C21H22N4O2/c1-14(26)24-10-7-20-18(12-24)21(23-25(20)15-8-11-27-13-15)17-4-2-6-19-16(17)5-3-9-22-19/h2-6,9,15H,7-8,10-13H2,1H3. The van der Waals surface area contributed by atoms with Crippen LogP contribution in [0.4, 0.5) is 0 Å². The smallest absolute Gasteiger partial charge is 0.219 e. The molecular weight excluding hydrogens is 340 g/mol. The van der Waals surface area contributed by atoms with E-state index < -0.39 is 0 Å². The molecule has 1 fully saturated rings. The van der Waals surface area contributed by atoms with E-state index in [-0.39, 0.29) is 11.9 Å². The number of rotatable bonds is 2. The molecule has 2 aromatic heterocycles. The molecule has 6 heteroatoms. The zero-order valence-electron chi connectivity index (χ0n) is 15.4. The predicted octanol–water partition coefficient (Wildman–Crippen LogP) is 2.96. The average molecular weight is 362 g/mol. The van der Waals surface area contributed by atoms with Gasteiger partial charge in [-0.05, 0) is 18.6 Å². The molecule has 0 N–H and O–H groups in total. The molecule has 0 bridgehead atoms. The Morgan fingerprint density at radius 3 is 3.00 bits per heavy atom. The van der Waals surface area contributed by atoms with Gasteiger partial charge in [-0.15, -0.1) is 0 Å². The number of benzene rings is 1. The number of pyridine rings is 1. The summed E-state index contributed by atoms with van der Waals surface area (Å²) in [5, 5.41) is 6.15. The molecule has 138 valence electrons. The lowest BCUT2D eigenvalue weighted by atomic mass is 9.98. The van der Waals surface area contributed by atoms with Crippen molar-refractivity contribution in [1.29, 1.82) is 0 Å². The molecule has 3 aromatic rings. The van der Waals surface area contributed by atoms with Gasteiger partial charge in [-0.25, -0.2) is 0 Å². The summed E-state index contributed by atoms with van der Waals surface area (Å²) in [6, 6.07) is 10.5. The van der Waals surface area contributed by atoms with Crippen molar-refractivity contribution in [3.63, 3.8) is 0 Å². The van der Waals surface area contributed by atoms with Crippen molar-refractivity contribution in [3.8, 4) is 11.3 Å². The van der Waals surface area contributed by atoms with E-state index in [4.69, 9.17) is 9.84 Å². The Bertz CT molecular complexity index is 1010. The number of aromatic nitrogens is 3. The molecule has 1 unspecified atom stereocenters. The molecule has 0 aliphatic carbocycles. The van der Waals surface area contributed by atoms with E-state index in [1.54, 1.807) is 6.92 Å². The van der Waals surface area contributed by atoms with Crippen LogP contribution in [0.2, 0.25) is 0 Å². The van der Waals surface area contributed by atoms with Gasteiger partial charge < -0.3 is 9.64 Å². The summed E-state index contributed by atoms with van der Waals surface area (Å²) in [6.07, 6.45) is 3.63. The molecule has 0 radical (unpaired) electrons. The van der Waals surface area contributed by atoms with Crippen LogP contribution < -0.4 is 0 Å². The number of hydrogen-bond acceptors (Lipinski definition) is 4. The fourth-order valence-electron chi connectivity index (χ4n) is 4.26. The SMILES string of the molecule is CC(=O)N1CCc2c(c(-c3cccc4ncccc34)nn2C2CCOC2)C1. The Labute approximate surface area is 157 Å². The van der Waals surface area contributed by atoms with Crippen LogP contribution in [0.5, 0.6) is 0 Å². The van der Waals surface area contributed by atoms with E-state index in [1.807, 2.05) is 29.3 Å². The molecule has 0 spiro atoms. The molecule has 4 heterocycles. The maximum atomic E-state index is 12.0. The van der Waals surface area contributed by atoms with Crippen LogP contribution in [0, 0.1) is 0 Å². The molecule has 1 atom stereocenters. The summed E-state index contributed by atoms with van der Waals surface area (Å²) in [5.74, 6) is 0.114. The van der Waals surface area contributed by atoms with Crippen LogP contribution >= 0.6 is 0 Å². The van der Waals surface area contributed by atoms with Gasteiger partial charge in [0.25, 0.3) is 0 Å². The third kappa shape index (κ3) is 2.72. The van der Waals surface area contributed by atoms with Crippen LogP contribution in [-0.4, -0.2) is 45.3 Å². The van der Waals surface area contributed by atoms with Crippen molar-refractivity contribution in [1.82, 2.24) is 19.7 Å². The highest BCUT2D eigenvalue weighted by atomic mass is 16.5. The zero-order valence-corrected chi connectivity index (χ0v) is 15.4. The Morgan fingerprint density at radius 1 is 1.26 bits per heavy atom. The molecule has 6 nitrogen and oxygen atoms in total. The second-order valence-corrected chi connectivity index (χ2v) is 7.30. The Kier molecular flexibility index (Phi) is 3.93. The lowest BCUT2D eigenvalue weighted by molar-refractivity contribution is -0.129. The number of fused-ring (bicyclic) bond motifs is 2. The van der Waals surface area contributed by atoms with Gasteiger partial charge in [-0.3, -0.25) is 14.5 Å². The number of hydrogen-bond donors (Lipinski definition) is 0. The van der Waals surface area contributed by atoms with Gasteiger partial charge in [-0.1, -0.05) is 18.2 Å². The second-order valence-electron chi connectivity index (χ2n) is 7.30. The van der Waals surface area contributed by atoms with Gasteiger partial charge in [-0.2, -0.15) is 5.10 Å². The Balaban J connectivity index is 1.70. The summed E-state index contributed by atoms with van der Waals surface area (Å²) < 4.78 is 7.78. The van der Waals surface area contributed by atoms with Crippen LogP contribution in [0.3, 0.4) is 0 Å². The van der Waals surface area contributed by atoms with Crippen molar-refractivity contribution < 1.29 is 9.53 Å². The first-order chi connectivity index (χ1) is 13.2. The van der Waals surface area contributed by atoms with Crippen LogP contribution in [0.15, 0.2) is 36.5 Å². The summed E-state index contributed by atoms with van der Waals surface area (Å²) >= 11 is 0. The largest absolute Gasteiger partial charge is 0.379 e. The quantitative estimate of drug-likeness (QED) is 0.703. The lowest BCUT2D eigenvalue weighted by Gasteiger charge is -2.27. The van der Waals surface area contributed by atoms with Crippen molar-refractivity contribution in [2.45, 2.75) is 32.4 Å². The lowest BCUT2D eigenvalue weighted by Crippen LogP contribution is -2.35. The number of amides is 1. The topological polar surface area (TPSA) is 60.2 Å². The van der Waals surface area contributed by atoms with Gasteiger partial charge in [0, 0.05) is 61.4 Å². The highest BCUT2D eigenvalue weighted by Gasteiger charge is 2.31. The fraction of sp³-hybridized carbons (Fsp3) is 0.381. The van der Waals surface area contributed by atoms with Crippen molar-refractivity contribution >= 4 is 16.8 Å². The Hall–Kier alpha value is -2.73. The van der Waals surface area contributed by atoms with Gasteiger partial charge >= 0.3 is 0 Å². The highest BCUT2D eigenvalue weighted by Crippen LogP contribution is 2.36. The summed E-state index contributed by atoms with van der Waals surface area (Å²) in [5.41, 5.74) is 5.43. The van der Waals surface area contributed by atoms with Gasteiger partial charge in [0.2, 0.25) is 5.91 Å². The zero-order chi connectivity index (χ0) is 18.4. The number of ether oxygens (including phenoxy) is 1. The minimum Gasteiger partial charge on any atom is -0.379 e. The summed E-state index contributed by atoms with van der Waals surface area (Å²) in [7, 11) is 0. The first-order valence-corrected chi connectivity index (χ1v) is 9.50. The van der Waals surface area contributed by atoms with Crippen molar-refractivity contribution in [2.24, 2.45) is 0 Å². The first-order valence-electron chi connectivity index (χ1n) is 9.50. The monoisotopic (exact) mass is 362 g/mol. The third-order valence-corrected chi connectivity index (χ3v) is 5.68. The van der Waals surface area contributed by atoms with E-state index in [1.165, 1.54) is 11.3 Å². The minimum atomic E-state index is 0.114. The van der Waals surface area contributed by atoms with E-state index >= 15 is 0 Å². The van der Waals surface area contributed by atoms with Gasteiger partial charge in [0.15, 0.2) is 0 Å². The van der Waals surface area contributed by atoms with E-state index in [9.17, 15) is 4.79 Å². The van der Waals surface area contributed by atoms with E-state index in [0.29, 0.717) is 13.2 Å². The van der Waals surface area contributed by atoms with Crippen LogP contribution in [0.25, 0.3) is 22.2 Å². The van der Waals surface area contributed by atoms with E-state index in [2.05, 4.69) is 21.8 Å².